The standard InChI is InChI=1S/C22H21NOS/c1-16-12-13-20(17(2)14-16)25-21-11-7-6-10-19(21)23-22(24)15-18-8-4-3-5-9-18/h3-14H,15H2,1-2H3,(H,23,24). The van der Waals surface area contributed by atoms with Gasteiger partial charge < -0.3 is 5.32 Å². The first-order chi connectivity index (χ1) is 12.1. The molecule has 0 aliphatic carbocycles. The lowest BCUT2D eigenvalue weighted by Gasteiger charge is -2.12. The molecular formula is C22H21NOS. The minimum absolute atomic E-state index is 0.000113. The fourth-order valence-corrected chi connectivity index (χ4v) is 3.64. The molecule has 1 amide bonds. The number of benzene rings is 3. The van der Waals surface area contributed by atoms with Crippen LogP contribution in [0.25, 0.3) is 0 Å². The maximum Gasteiger partial charge on any atom is 0.228 e. The fourth-order valence-electron chi connectivity index (χ4n) is 2.67. The summed E-state index contributed by atoms with van der Waals surface area (Å²) in [5.74, 6) is -0.000113. The molecule has 0 unspecified atom stereocenters. The lowest BCUT2D eigenvalue weighted by Crippen LogP contribution is -2.14. The van der Waals surface area contributed by atoms with Gasteiger partial charge in [-0.25, -0.2) is 0 Å². The molecule has 2 nitrogen and oxygen atoms in total. The first-order valence-electron chi connectivity index (χ1n) is 8.30. The molecule has 0 atom stereocenters. The van der Waals surface area contributed by atoms with Crippen LogP contribution in [0.5, 0.6) is 0 Å². The molecule has 0 radical (unpaired) electrons. The Morgan fingerprint density at radius 2 is 1.60 bits per heavy atom. The lowest BCUT2D eigenvalue weighted by molar-refractivity contribution is -0.115. The van der Waals surface area contributed by atoms with E-state index in [1.807, 2.05) is 54.6 Å². The van der Waals surface area contributed by atoms with Crippen LogP contribution in [-0.2, 0) is 11.2 Å². The van der Waals surface area contributed by atoms with Crippen molar-refractivity contribution in [2.75, 3.05) is 5.32 Å². The lowest BCUT2D eigenvalue weighted by atomic mass is 10.1. The Labute approximate surface area is 153 Å². The number of rotatable bonds is 5. The van der Waals surface area contributed by atoms with Crippen molar-refractivity contribution in [1.82, 2.24) is 0 Å². The molecule has 0 spiro atoms. The van der Waals surface area contributed by atoms with Gasteiger partial charge in [0.15, 0.2) is 0 Å². The second-order valence-electron chi connectivity index (χ2n) is 6.08. The third-order valence-electron chi connectivity index (χ3n) is 3.92. The number of aryl methyl sites for hydroxylation is 2. The number of hydrogen-bond donors (Lipinski definition) is 1. The molecule has 3 aromatic carbocycles. The fraction of sp³-hybridized carbons (Fsp3) is 0.136. The Morgan fingerprint density at radius 3 is 2.36 bits per heavy atom. The van der Waals surface area contributed by atoms with Gasteiger partial charge in [0.05, 0.1) is 12.1 Å². The van der Waals surface area contributed by atoms with Crippen LogP contribution in [0.15, 0.2) is 82.6 Å². The van der Waals surface area contributed by atoms with Gasteiger partial charge in [-0.2, -0.15) is 0 Å². The van der Waals surface area contributed by atoms with Gasteiger partial charge in [-0.15, -0.1) is 0 Å². The van der Waals surface area contributed by atoms with Gasteiger partial charge in [0.25, 0.3) is 0 Å². The van der Waals surface area contributed by atoms with Crippen molar-refractivity contribution in [1.29, 1.82) is 0 Å². The minimum Gasteiger partial charge on any atom is -0.325 e. The van der Waals surface area contributed by atoms with Gasteiger partial charge >= 0.3 is 0 Å². The summed E-state index contributed by atoms with van der Waals surface area (Å²) in [5, 5.41) is 3.05. The van der Waals surface area contributed by atoms with Crippen LogP contribution >= 0.6 is 11.8 Å². The van der Waals surface area contributed by atoms with Gasteiger partial charge in [0.1, 0.15) is 0 Å². The number of hydrogen-bond acceptors (Lipinski definition) is 2. The smallest absolute Gasteiger partial charge is 0.228 e. The molecular weight excluding hydrogens is 326 g/mol. The molecule has 3 heteroatoms. The molecule has 0 aliphatic heterocycles. The van der Waals surface area contributed by atoms with Crippen LogP contribution in [0.4, 0.5) is 5.69 Å². The highest BCUT2D eigenvalue weighted by atomic mass is 32.2. The first kappa shape index (κ1) is 17.3. The topological polar surface area (TPSA) is 29.1 Å². The van der Waals surface area contributed by atoms with Crippen LogP contribution in [0.1, 0.15) is 16.7 Å². The third-order valence-corrected chi connectivity index (χ3v) is 5.17. The first-order valence-corrected chi connectivity index (χ1v) is 9.11. The van der Waals surface area contributed by atoms with Gasteiger partial charge in [-0.05, 0) is 43.2 Å². The quantitative estimate of drug-likeness (QED) is 0.647. The molecule has 0 saturated carbocycles. The third kappa shape index (κ3) is 4.74. The molecule has 0 heterocycles. The Kier molecular flexibility index (Phi) is 5.56. The van der Waals surface area contributed by atoms with E-state index in [1.165, 1.54) is 16.0 Å². The van der Waals surface area contributed by atoms with Crippen molar-refractivity contribution in [2.24, 2.45) is 0 Å². The number of amides is 1. The molecule has 1 N–H and O–H groups in total. The molecule has 0 saturated heterocycles. The Bertz CT molecular complexity index is 874. The zero-order valence-electron chi connectivity index (χ0n) is 14.5. The Balaban J connectivity index is 1.75. The van der Waals surface area contributed by atoms with E-state index in [0.717, 1.165) is 16.1 Å². The molecule has 3 rings (SSSR count). The number of carbonyl (C=O) groups is 1. The monoisotopic (exact) mass is 347 g/mol. The molecule has 0 fully saturated rings. The van der Waals surface area contributed by atoms with E-state index in [1.54, 1.807) is 11.8 Å². The number of nitrogens with one attached hydrogen (secondary N) is 1. The van der Waals surface area contributed by atoms with Crippen LogP contribution in [0.3, 0.4) is 0 Å². The van der Waals surface area contributed by atoms with Crippen LogP contribution < -0.4 is 5.32 Å². The van der Waals surface area contributed by atoms with Crippen LogP contribution in [-0.4, -0.2) is 5.91 Å². The van der Waals surface area contributed by atoms with Crippen molar-refractivity contribution in [3.63, 3.8) is 0 Å². The summed E-state index contributed by atoms with van der Waals surface area (Å²) >= 11 is 1.68. The number of para-hydroxylation sites is 1. The molecule has 126 valence electrons. The summed E-state index contributed by atoms with van der Waals surface area (Å²) in [4.78, 5) is 14.6. The van der Waals surface area contributed by atoms with E-state index in [9.17, 15) is 4.79 Å². The van der Waals surface area contributed by atoms with Gasteiger partial charge in [0.2, 0.25) is 5.91 Å². The van der Waals surface area contributed by atoms with E-state index in [-0.39, 0.29) is 5.91 Å². The summed E-state index contributed by atoms with van der Waals surface area (Å²) in [6.45, 7) is 4.21. The average molecular weight is 347 g/mol. The van der Waals surface area contributed by atoms with E-state index in [0.29, 0.717) is 6.42 Å². The summed E-state index contributed by atoms with van der Waals surface area (Å²) in [5.41, 5.74) is 4.37. The summed E-state index contributed by atoms with van der Waals surface area (Å²) in [6.07, 6.45) is 0.378. The summed E-state index contributed by atoms with van der Waals surface area (Å²) < 4.78 is 0. The predicted octanol–water partition coefficient (Wildman–Crippen LogP) is 5.64. The second-order valence-corrected chi connectivity index (χ2v) is 7.16. The van der Waals surface area contributed by atoms with Crippen molar-refractivity contribution in [2.45, 2.75) is 30.1 Å². The van der Waals surface area contributed by atoms with Crippen molar-refractivity contribution >= 4 is 23.4 Å². The summed E-state index contributed by atoms with van der Waals surface area (Å²) in [6, 6.07) is 24.2. The van der Waals surface area contributed by atoms with Crippen LogP contribution in [0, 0.1) is 13.8 Å². The SMILES string of the molecule is Cc1ccc(Sc2ccccc2NC(=O)Cc2ccccc2)c(C)c1. The molecule has 0 aliphatic rings. The zero-order chi connectivity index (χ0) is 17.6. The maximum absolute atomic E-state index is 12.4. The normalized spacial score (nSPS) is 10.5. The van der Waals surface area contributed by atoms with Crippen molar-refractivity contribution < 1.29 is 4.79 Å². The van der Waals surface area contributed by atoms with E-state index in [2.05, 4.69) is 37.4 Å². The van der Waals surface area contributed by atoms with Gasteiger partial charge in [0, 0.05) is 9.79 Å². The maximum atomic E-state index is 12.4. The minimum atomic E-state index is -0.000113. The molecule has 0 aromatic heterocycles. The Morgan fingerprint density at radius 1 is 0.880 bits per heavy atom. The molecule has 25 heavy (non-hydrogen) atoms. The van der Waals surface area contributed by atoms with E-state index >= 15 is 0 Å². The van der Waals surface area contributed by atoms with Crippen molar-refractivity contribution in [3.8, 4) is 0 Å². The highest BCUT2D eigenvalue weighted by molar-refractivity contribution is 7.99. The van der Waals surface area contributed by atoms with Gasteiger partial charge in [-0.3, -0.25) is 4.79 Å². The molecule has 0 bridgehead atoms. The predicted molar refractivity (Wildman–Crippen MR) is 105 cm³/mol. The highest BCUT2D eigenvalue weighted by Gasteiger charge is 2.10. The second kappa shape index (κ2) is 8.04. The highest BCUT2D eigenvalue weighted by Crippen LogP contribution is 2.35. The largest absolute Gasteiger partial charge is 0.325 e. The molecule has 3 aromatic rings. The van der Waals surface area contributed by atoms with E-state index in [4.69, 9.17) is 0 Å². The Hall–Kier alpha value is -2.52. The summed E-state index contributed by atoms with van der Waals surface area (Å²) in [7, 11) is 0. The zero-order valence-corrected chi connectivity index (χ0v) is 15.3. The van der Waals surface area contributed by atoms with Crippen molar-refractivity contribution in [3.05, 3.63) is 89.5 Å². The number of anilines is 1. The van der Waals surface area contributed by atoms with Crippen LogP contribution in [0.2, 0.25) is 0 Å². The number of carbonyl (C=O) groups excluding carboxylic acids is 1. The van der Waals surface area contributed by atoms with Gasteiger partial charge in [-0.1, -0.05) is 71.9 Å². The average Bonchev–Trinajstić information content (AvgIpc) is 2.60. The van der Waals surface area contributed by atoms with E-state index < -0.39 is 0 Å².